The number of pyridine rings is 1. The van der Waals surface area contributed by atoms with Crippen LogP contribution in [0.15, 0.2) is 34.8 Å². The summed E-state index contributed by atoms with van der Waals surface area (Å²) in [4.78, 5) is 4.33. The van der Waals surface area contributed by atoms with Crippen molar-refractivity contribution < 1.29 is 0 Å². The Balaban J connectivity index is 2.28. The summed E-state index contributed by atoms with van der Waals surface area (Å²) in [6.07, 6.45) is 0. The number of aromatic nitrogens is 1. The number of anilines is 3. The molecule has 2 rings (SSSR count). The van der Waals surface area contributed by atoms with E-state index in [1.54, 1.807) is 0 Å². The Morgan fingerprint density at radius 1 is 1.29 bits per heavy atom. The van der Waals surface area contributed by atoms with Crippen molar-refractivity contribution in [2.45, 2.75) is 6.92 Å². The van der Waals surface area contributed by atoms with E-state index in [9.17, 15) is 0 Å². The lowest BCUT2D eigenvalue weighted by molar-refractivity contribution is 1.20. The lowest BCUT2D eigenvalue weighted by atomic mass is 10.3. The van der Waals surface area contributed by atoms with Crippen molar-refractivity contribution in [2.24, 2.45) is 0 Å². The van der Waals surface area contributed by atoms with Gasteiger partial charge in [0.15, 0.2) is 0 Å². The first-order chi connectivity index (χ1) is 8.06. The summed E-state index contributed by atoms with van der Waals surface area (Å²) in [5.41, 5.74) is 7.99. The second kappa shape index (κ2) is 4.94. The molecule has 0 saturated carbocycles. The van der Waals surface area contributed by atoms with Gasteiger partial charge in [0.1, 0.15) is 5.82 Å². The largest absolute Gasteiger partial charge is 0.397 e. The fraction of sp³-hybridized carbons (Fsp3) is 0.0833. The molecule has 0 unspecified atom stereocenters. The summed E-state index contributed by atoms with van der Waals surface area (Å²) in [6, 6.07) is 9.27. The third kappa shape index (κ3) is 2.90. The van der Waals surface area contributed by atoms with Gasteiger partial charge in [-0.05, 0) is 37.3 Å². The molecule has 0 fully saturated rings. The Labute approximate surface area is 113 Å². The van der Waals surface area contributed by atoms with Crippen molar-refractivity contribution in [1.29, 1.82) is 0 Å². The molecule has 0 spiro atoms. The third-order valence-corrected chi connectivity index (χ3v) is 3.13. The molecule has 1 aromatic heterocycles. The maximum atomic E-state index is 6.11. The maximum absolute atomic E-state index is 6.11. The van der Waals surface area contributed by atoms with Gasteiger partial charge in [0, 0.05) is 4.47 Å². The Bertz CT molecular complexity index is 557. The minimum absolute atomic E-state index is 0.635. The monoisotopic (exact) mass is 311 g/mol. The third-order valence-electron chi connectivity index (χ3n) is 2.32. The Hall–Kier alpha value is -1.26. The molecule has 0 atom stereocenters. The minimum Gasteiger partial charge on any atom is -0.397 e. The van der Waals surface area contributed by atoms with Crippen molar-refractivity contribution >= 4 is 44.7 Å². The van der Waals surface area contributed by atoms with Gasteiger partial charge in [-0.3, -0.25) is 0 Å². The lowest BCUT2D eigenvalue weighted by Gasteiger charge is -2.09. The van der Waals surface area contributed by atoms with Gasteiger partial charge in [0.05, 0.1) is 22.1 Å². The molecule has 3 nitrogen and oxygen atoms in total. The number of benzene rings is 1. The van der Waals surface area contributed by atoms with Crippen LogP contribution in [0.1, 0.15) is 5.69 Å². The topological polar surface area (TPSA) is 50.9 Å². The summed E-state index contributed by atoms with van der Waals surface area (Å²) in [7, 11) is 0. The summed E-state index contributed by atoms with van der Waals surface area (Å²) < 4.78 is 0.939. The Morgan fingerprint density at radius 2 is 2.06 bits per heavy atom. The van der Waals surface area contributed by atoms with Crippen LogP contribution in [0, 0.1) is 6.92 Å². The molecule has 1 heterocycles. The molecule has 0 aliphatic heterocycles. The maximum Gasteiger partial charge on any atom is 0.130 e. The highest BCUT2D eigenvalue weighted by molar-refractivity contribution is 9.10. The molecular formula is C12H11BrClN3. The zero-order valence-electron chi connectivity index (χ0n) is 9.17. The molecule has 2 aromatic rings. The van der Waals surface area contributed by atoms with Gasteiger partial charge in [0.25, 0.3) is 0 Å². The van der Waals surface area contributed by atoms with Crippen molar-refractivity contribution in [3.63, 3.8) is 0 Å². The first-order valence-electron chi connectivity index (χ1n) is 5.01. The van der Waals surface area contributed by atoms with Gasteiger partial charge in [0.2, 0.25) is 0 Å². The van der Waals surface area contributed by atoms with Gasteiger partial charge in [-0.2, -0.15) is 0 Å². The zero-order chi connectivity index (χ0) is 12.4. The predicted molar refractivity (Wildman–Crippen MR) is 75.8 cm³/mol. The van der Waals surface area contributed by atoms with E-state index < -0.39 is 0 Å². The summed E-state index contributed by atoms with van der Waals surface area (Å²) in [5.74, 6) is 0.723. The summed E-state index contributed by atoms with van der Waals surface area (Å²) in [5, 5.41) is 3.78. The van der Waals surface area contributed by atoms with E-state index in [2.05, 4.69) is 26.2 Å². The number of hydrogen-bond acceptors (Lipinski definition) is 3. The molecular weight excluding hydrogens is 302 g/mol. The van der Waals surface area contributed by atoms with Gasteiger partial charge < -0.3 is 11.1 Å². The van der Waals surface area contributed by atoms with Crippen molar-refractivity contribution in [1.82, 2.24) is 4.98 Å². The van der Waals surface area contributed by atoms with E-state index in [4.69, 9.17) is 17.3 Å². The number of nitrogens with zero attached hydrogens (tertiary/aromatic N) is 1. The number of aryl methyl sites for hydroxylation is 1. The number of nitrogens with two attached hydrogens (primary N) is 1. The second-order valence-corrected chi connectivity index (χ2v) is 4.94. The zero-order valence-corrected chi connectivity index (χ0v) is 11.5. The van der Waals surface area contributed by atoms with Crippen molar-refractivity contribution in [3.8, 4) is 0 Å². The van der Waals surface area contributed by atoms with Gasteiger partial charge in [-0.1, -0.05) is 27.5 Å². The van der Waals surface area contributed by atoms with Crippen LogP contribution in [0.25, 0.3) is 0 Å². The average molecular weight is 313 g/mol. The fourth-order valence-electron chi connectivity index (χ4n) is 1.37. The molecule has 0 aliphatic carbocycles. The van der Waals surface area contributed by atoms with E-state index in [0.29, 0.717) is 10.7 Å². The number of rotatable bonds is 2. The first-order valence-corrected chi connectivity index (χ1v) is 6.18. The second-order valence-electron chi connectivity index (χ2n) is 3.62. The molecule has 0 saturated heterocycles. The molecule has 88 valence electrons. The van der Waals surface area contributed by atoms with Crippen LogP contribution in [-0.4, -0.2) is 4.98 Å². The van der Waals surface area contributed by atoms with E-state index in [1.165, 1.54) is 0 Å². The molecule has 0 bridgehead atoms. The van der Waals surface area contributed by atoms with Crippen LogP contribution in [0.4, 0.5) is 17.2 Å². The summed E-state index contributed by atoms with van der Waals surface area (Å²) in [6.45, 7) is 1.86. The Kier molecular flexibility index (Phi) is 3.54. The van der Waals surface area contributed by atoms with Gasteiger partial charge >= 0.3 is 0 Å². The van der Waals surface area contributed by atoms with Crippen LogP contribution in [0.5, 0.6) is 0 Å². The van der Waals surface area contributed by atoms with Crippen LogP contribution in [0.3, 0.4) is 0 Å². The quantitative estimate of drug-likeness (QED) is 0.876. The highest BCUT2D eigenvalue weighted by Gasteiger charge is 2.03. The first kappa shape index (κ1) is 12.2. The van der Waals surface area contributed by atoms with E-state index in [1.807, 2.05) is 37.3 Å². The van der Waals surface area contributed by atoms with E-state index >= 15 is 0 Å². The minimum atomic E-state index is 0.635. The molecule has 1 aromatic carbocycles. The van der Waals surface area contributed by atoms with E-state index in [-0.39, 0.29) is 0 Å². The van der Waals surface area contributed by atoms with Crippen LogP contribution >= 0.6 is 27.5 Å². The molecule has 17 heavy (non-hydrogen) atoms. The predicted octanol–water partition coefficient (Wildman–Crippen LogP) is 4.13. The smallest absolute Gasteiger partial charge is 0.130 e. The van der Waals surface area contributed by atoms with Crippen molar-refractivity contribution in [2.75, 3.05) is 11.1 Å². The molecule has 5 heteroatoms. The molecule has 3 N–H and O–H groups in total. The number of halogens is 2. The SMILES string of the molecule is Cc1nc(Nc2ccc(Br)cc2Cl)ccc1N. The summed E-state index contributed by atoms with van der Waals surface area (Å²) >= 11 is 9.46. The normalized spacial score (nSPS) is 10.3. The lowest BCUT2D eigenvalue weighted by Crippen LogP contribution is -1.98. The molecule has 0 radical (unpaired) electrons. The van der Waals surface area contributed by atoms with E-state index in [0.717, 1.165) is 21.7 Å². The molecule has 0 aliphatic rings. The van der Waals surface area contributed by atoms with Crippen LogP contribution in [-0.2, 0) is 0 Å². The standard InChI is InChI=1S/C12H11BrClN3/c1-7-10(15)3-5-12(16-7)17-11-4-2-8(13)6-9(11)14/h2-6H,15H2,1H3,(H,16,17). The fourth-order valence-corrected chi connectivity index (χ4v) is 2.09. The van der Waals surface area contributed by atoms with Crippen LogP contribution in [0.2, 0.25) is 5.02 Å². The van der Waals surface area contributed by atoms with Crippen LogP contribution < -0.4 is 11.1 Å². The highest BCUT2D eigenvalue weighted by atomic mass is 79.9. The molecule has 0 amide bonds. The number of hydrogen-bond donors (Lipinski definition) is 2. The number of nitrogens with one attached hydrogen (secondary N) is 1. The average Bonchev–Trinajstić information content (AvgIpc) is 2.27. The van der Waals surface area contributed by atoms with Gasteiger partial charge in [-0.15, -0.1) is 0 Å². The Morgan fingerprint density at radius 3 is 2.71 bits per heavy atom. The van der Waals surface area contributed by atoms with Gasteiger partial charge in [-0.25, -0.2) is 4.98 Å². The highest BCUT2D eigenvalue weighted by Crippen LogP contribution is 2.28. The number of nitrogen functional groups attached to an aromatic ring is 1. The van der Waals surface area contributed by atoms with Crippen molar-refractivity contribution in [3.05, 3.63) is 45.5 Å².